The minimum Gasteiger partial charge on any atom is -0.488 e. The molecule has 0 radical (unpaired) electrons. The van der Waals surface area contributed by atoms with E-state index in [4.69, 9.17) is 16.3 Å². The Morgan fingerprint density at radius 1 is 1.13 bits per heavy atom. The molecule has 1 aliphatic rings. The first-order valence-corrected chi connectivity index (χ1v) is 9.93. The van der Waals surface area contributed by atoms with Gasteiger partial charge in [0.1, 0.15) is 29.0 Å². The molecule has 1 fully saturated rings. The van der Waals surface area contributed by atoms with Crippen molar-refractivity contribution in [2.24, 2.45) is 0 Å². The second kappa shape index (κ2) is 7.59. The highest BCUT2D eigenvalue weighted by Gasteiger charge is 2.28. The molecule has 0 aliphatic carbocycles. The molecule has 5 rings (SSSR count). The number of hydrogen-bond acceptors (Lipinski definition) is 4. The lowest BCUT2D eigenvalue weighted by Gasteiger charge is -2.38. The molecule has 1 N–H and O–H groups in total. The van der Waals surface area contributed by atoms with E-state index >= 15 is 0 Å². The Kier molecular flexibility index (Phi) is 4.77. The Morgan fingerprint density at radius 3 is 2.60 bits per heavy atom. The van der Waals surface area contributed by atoms with E-state index < -0.39 is 0 Å². The molecule has 0 spiro atoms. The molecule has 0 amide bonds. The van der Waals surface area contributed by atoms with Crippen LogP contribution in [0, 0.1) is 5.82 Å². The van der Waals surface area contributed by atoms with Gasteiger partial charge in [0.15, 0.2) is 0 Å². The number of rotatable bonds is 5. The van der Waals surface area contributed by atoms with E-state index in [1.54, 1.807) is 28.7 Å². The van der Waals surface area contributed by atoms with Gasteiger partial charge in [0.05, 0.1) is 6.20 Å². The van der Waals surface area contributed by atoms with Crippen molar-refractivity contribution in [3.8, 4) is 17.1 Å². The van der Waals surface area contributed by atoms with Crippen LogP contribution in [-0.2, 0) is 6.54 Å². The zero-order valence-electron chi connectivity index (χ0n) is 15.9. The van der Waals surface area contributed by atoms with E-state index in [-0.39, 0.29) is 17.5 Å². The summed E-state index contributed by atoms with van der Waals surface area (Å²) in [4.78, 5) is 21.9. The molecule has 0 unspecified atom stereocenters. The highest BCUT2D eigenvalue weighted by atomic mass is 35.5. The molecule has 2 aromatic heterocycles. The Balaban J connectivity index is 1.31. The van der Waals surface area contributed by atoms with Crippen molar-refractivity contribution in [3.63, 3.8) is 0 Å². The van der Waals surface area contributed by atoms with Crippen LogP contribution in [0.25, 0.3) is 16.9 Å². The number of likely N-dealkylation sites (tertiary alicyclic amines) is 1. The number of hydrogen-bond donors (Lipinski definition) is 1. The van der Waals surface area contributed by atoms with Crippen molar-refractivity contribution in [2.75, 3.05) is 13.1 Å². The number of ether oxygens (including phenoxy) is 1. The van der Waals surface area contributed by atoms with Crippen LogP contribution in [0.5, 0.6) is 5.75 Å². The number of nitrogens with zero attached hydrogens (tertiary/aromatic N) is 3. The molecule has 152 valence electrons. The standard InChI is InChI=1S/C22H18ClFN4O2/c23-15-3-7-18(8-4-15)30-19-12-27(13-19)10-17-11-28-20(22(29)26-17)9-25-21(28)14-1-5-16(24)6-2-14/h1-9,11,19H,10,12-13H2,(H,26,29). The predicted molar refractivity (Wildman–Crippen MR) is 112 cm³/mol. The van der Waals surface area contributed by atoms with E-state index in [1.165, 1.54) is 18.3 Å². The molecule has 0 saturated carbocycles. The Morgan fingerprint density at radius 2 is 1.87 bits per heavy atom. The number of aromatic nitrogens is 3. The summed E-state index contributed by atoms with van der Waals surface area (Å²) < 4.78 is 20.9. The van der Waals surface area contributed by atoms with E-state index in [9.17, 15) is 9.18 Å². The van der Waals surface area contributed by atoms with Gasteiger partial charge in [0, 0.05) is 42.1 Å². The van der Waals surface area contributed by atoms with Crippen molar-refractivity contribution in [2.45, 2.75) is 12.6 Å². The number of aromatic amines is 1. The normalized spacial score (nSPS) is 14.7. The number of halogens is 2. The van der Waals surface area contributed by atoms with Crippen molar-refractivity contribution < 1.29 is 9.13 Å². The number of benzene rings is 2. The van der Waals surface area contributed by atoms with Crippen molar-refractivity contribution >= 4 is 17.1 Å². The van der Waals surface area contributed by atoms with Gasteiger partial charge in [0.25, 0.3) is 5.56 Å². The van der Waals surface area contributed by atoms with E-state index in [2.05, 4.69) is 14.9 Å². The zero-order valence-corrected chi connectivity index (χ0v) is 16.6. The van der Waals surface area contributed by atoms with Gasteiger partial charge in [-0.3, -0.25) is 14.1 Å². The molecule has 6 nitrogen and oxygen atoms in total. The summed E-state index contributed by atoms with van der Waals surface area (Å²) >= 11 is 5.90. The van der Waals surface area contributed by atoms with Crippen LogP contribution in [0.3, 0.4) is 0 Å². The lowest BCUT2D eigenvalue weighted by molar-refractivity contribution is 0.0137. The zero-order chi connectivity index (χ0) is 20.7. The maximum Gasteiger partial charge on any atom is 0.274 e. The van der Waals surface area contributed by atoms with E-state index in [0.717, 1.165) is 30.1 Å². The third kappa shape index (κ3) is 3.69. The maximum atomic E-state index is 13.2. The third-order valence-corrected chi connectivity index (χ3v) is 5.38. The minimum atomic E-state index is -0.314. The Bertz CT molecular complexity index is 1250. The molecule has 0 bridgehead atoms. The molecular formula is C22H18ClFN4O2. The number of nitrogens with one attached hydrogen (secondary N) is 1. The molecule has 2 aromatic carbocycles. The lowest BCUT2D eigenvalue weighted by atomic mass is 10.1. The second-order valence-electron chi connectivity index (χ2n) is 7.34. The van der Waals surface area contributed by atoms with E-state index in [1.807, 2.05) is 18.3 Å². The summed E-state index contributed by atoms with van der Waals surface area (Å²) in [6.07, 6.45) is 3.50. The van der Waals surface area contributed by atoms with Crippen LogP contribution in [0.1, 0.15) is 5.69 Å². The summed E-state index contributed by atoms with van der Waals surface area (Å²) in [5, 5.41) is 0.677. The molecular weight excluding hydrogens is 407 g/mol. The molecule has 1 aliphatic heterocycles. The van der Waals surface area contributed by atoms with Crippen LogP contribution in [0.4, 0.5) is 4.39 Å². The fourth-order valence-electron chi connectivity index (χ4n) is 3.62. The average molecular weight is 425 g/mol. The Hall–Kier alpha value is -3.16. The largest absolute Gasteiger partial charge is 0.488 e. The first kappa shape index (κ1) is 18.8. The summed E-state index contributed by atoms with van der Waals surface area (Å²) in [6.45, 7) is 2.11. The SMILES string of the molecule is O=c1[nH]c(CN2CC(Oc3ccc(Cl)cc3)C2)cn2c(-c3ccc(F)cc3)ncc12. The van der Waals surface area contributed by atoms with Gasteiger partial charge in [-0.15, -0.1) is 0 Å². The molecule has 1 saturated heterocycles. The number of H-pyrrole nitrogens is 1. The third-order valence-electron chi connectivity index (χ3n) is 5.12. The van der Waals surface area contributed by atoms with Crippen LogP contribution < -0.4 is 10.3 Å². The van der Waals surface area contributed by atoms with Gasteiger partial charge < -0.3 is 9.72 Å². The fourth-order valence-corrected chi connectivity index (χ4v) is 3.75. The van der Waals surface area contributed by atoms with Gasteiger partial charge in [0.2, 0.25) is 0 Å². The van der Waals surface area contributed by atoms with Crippen LogP contribution >= 0.6 is 11.6 Å². The first-order valence-electron chi connectivity index (χ1n) is 9.55. The Labute approximate surface area is 176 Å². The van der Waals surface area contributed by atoms with Crippen LogP contribution in [-0.4, -0.2) is 38.5 Å². The van der Waals surface area contributed by atoms with Gasteiger partial charge >= 0.3 is 0 Å². The average Bonchev–Trinajstić information content (AvgIpc) is 3.13. The number of fused-ring (bicyclic) bond motifs is 1. The maximum absolute atomic E-state index is 13.2. The van der Waals surface area contributed by atoms with Crippen molar-refractivity contribution in [1.29, 1.82) is 0 Å². The quantitative estimate of drug-likeness (QED) is 0.530. The summed E-state index contributed by atoms with van der Waals surface area (Å²) in [5.41, 5.74) is 1.76. The topological polar surface area (TPSA) is 62.6 Å². The lowest BCUT2D eigenvalue weighted by Crippen LogP contribution is -2.53. The molecule has 0 atom stereocenters. The smallest absolute Gasteiger partial charge is 0.274 e. The second-order valence-corrected chi connectivity index (χ2v) is 7.78. The van der Waals surface area contributed by atoms with Crippen LogP contribution in [0.2, 0.25) is 5.02 Å². The predicted octanol–water partition coefficient (Wildman–Crippen LogP) is 3.75. The monoisotopic (exact) mass is 424 g/mol. The van der Waals surface area contributed by atoms with Gasteiger partial charge in [-0.2, -0.15) is 0 Å². The first-order chi connectivity index (χ1) is 14.5. The fraction of sp³-hybridized carbons (Fsp3) is 0.182. The van der Waals surface area contributed by atoms with Gasteiger partial charge in [-0.1, -0.05) is 11.6 Å². The van der Waals surface area contributed by atoms with Gasteiger partial charge in [-0.05, 0) is 48.5 Å². The molecule has 3 heterocycles. The summed E-state index contributed by atoms with van der Waals surface area (Å²) in [7, 11) is 0. The minimum absolute atomic E-state index is 0.102. The summed E-state index contributed by atoms with van der Waals surface area (Å²) in [5.74, 6) is 1.08. The summed E-state index contributed by atoms with van der Waals surface area (Å²) in [6, 6.07) is 13.4. The van der Waals surface area contributed by atoms with E-state index in [0.29, 0.717) is 22.9 Å². The molecule has 4 aromatic rings. The highest BCUT2D eigenvalue weighted by molar-refractivity contribution is 6.30. The van der Waals surface area contributed by atoms with Crippen molar-refractivity contribution in [3.05, 3.63) is 87.8 Å². The van der Waals surface area contributed by atoms with Crippen LogP contribution in [0.15, 0.2) is 65.7 Å². The molecule has 30 heavy (non-hydrogen) atoms. The highest BCUT2D eigenvalue weighted by Crippen LogP contribution is 2.22. The van der Waals surface area contributed by atoms with Crippen molar-refractivity contribution in [1.82, 2.24) is 19.3 Å². The van der Waals surface area contributed by atoms with Gasteiger partial charge in [-0.25, -0.2) is 9.37 Å². The molecule has 8 heteroatoms. The number of imidazole rings is 1.